The molecular weight excluding hydrogens is 448 g/mol. The van der Waals surface area contributed by atoms with Crippen LogP contribution in [0.2, 0.25) is 0 Å². The van der Waals surface area contributed by atoms with Crippen LogP contribution in [0.4, 0.5) is 0 Å². The number of hydrogen-bond acceptors (Lipinski definition) is 7. The minimum atomic E-state index is -3.38. The Bertz CT molecular complexity index is 1120. The van der Waals surface area contributed by atoms with E-state index in [-0.39, 0.29) is 36.9 Å². The van der Waals surface area contributed by atoms with Crippen LogP contribution in [0, 0.1) is 12.8 Å². The SMILES string of the molecule is Cc1ccc(CC(=O)Cc2nc(CNC(=O)CS(C)(=O)=O)cs2)c(C(=O)C2CCCC2)c1. The van der Waals surface area contributed by atoms with Gasteiger partial charge < -0.3 is 5.32 Å². The van der Waals surface area contributed by atoms with Crippen molar-refractivity contribution >= 4 is 38.6 Å². The lowest BCUT2D eigenvalue weighted by atomic mass is 9.90. The van der Waals surface area contributed by atoms with Gasteiger partial charge >= 0.3 is 0 Å². The summed E-state index contributed by atoms with van der Waals surface area (Å²) in [4.78, 5) is 41.7. The molecular formula is C23H28N2O5S2. The molecule has 3 rings (SSSR count). The van der Waals surface area contributed by atoms with E-state index in [0.29, 0.717) is 16.3 Å². The van der Waals surface area contributed by atoms with Crippen molar-refractivity contribution in [2.75, 3.05) is 12.0 Å². The van der Waals surface area contributed by atoms with Crippen LogP contribution in [0.15, 0.2) is 23.6 Å². The van der Waals surface area contributed by atoms with Gasteiger partial charge in [-0.15, -0.1) is 11.3 Å². The molecule has 1 aromatic carbocycles. The van der Waals surface area contributed by atoms with Gasteiger partial charge in [-0.05, 0) is 31.4 Å². The van der Waals surface area contributed by atoms with Gasteiger partial charge in [-0.3, -0.25) is 14.4 Å². The van der Waals surface area contributed by atoms with Gasteiger partial charge in [0.15, 0.2) is 15.6 Å². The normalized spacial score (nSPS) is 14.4. The van der Waals surface area contributed by atoms with Crippen molar-refractivity contribution in [1.29, 1.82) is 0 Å². The largest absolute Gasteiger partial charge is 0.350 e. The topological polar surface area (TPSA) is 110 Å². The molecule has 9 heteroatoms. The molecule has 7 nitrogen and oxygen atoms in total. The molecule has 1 N–H and O–H groups in total. The Morgan fingerprint density at radius 2 is 1.88 bits per heavy atom. The van der Waals surface area contributed by atoms with Crippen LogP contribution in [0.3, 0.4) is 0 Å². The smallest absolute Gasteiger partial charge is 0.235 e. The number of nitrogens with zero attached hydrogens (tertiary/aromatic N) is 1. The maximum absolute atomic E-state index is 13.0. The number of rotatable bonds is 10. The van der Waals surface area contributed by atoms with Crippen molar-refractivity contribution in [2.24, 2.45) is 5.92 Å². The van der Waals surface area contributed by atoms with E-state index in [9.17, 15) is 22.8 Å². The summed E-state index contributed by atoms with van der Waals surface area (Å²) in [5.74, 6) is -0.977. The van der Waals surface area contributed by atoms with Crippen molar-refractivity contribution in [2.45, 2.75) is 52.0 Å². The minimum absolute atomic E-state index is 0.0312. The molecule has 1 fully saturated rings. The second-order valence-electron chi connectivity index (χ2n) is 8.48. The van der Waals surface area contributed by atoms with E-state index in [2.05, 4.69) is 10.3 Å². The molecule has 1 heterocycles. The van der Waals surface area contributed by atoms with Gasteiger partial charge in [0, 0.05) is 29.5 Å². The molecule has 1 amide bonds. The number of thiazole rings is 1. The molecule has 32 heavy (non-hydrogen) atoms. The molecule has 0 aliphatic heterocycles. The number of amides is 1. The van der Waals surface area contributed by atoms with Gasteiger partial charge in [-0.2, -0.15) is 0 Å². The molecule has 1 aromatic heterocycles. The van der Waals surface area contributed by atoms with Crippen LogP contribution >= 0.6 is 11.3 Å². The van der Waals surface area contributed by atoms with Crippen molar-refractivity contribution in [3.8, 4) is 0 Å². The van der Waals surface area contributed by atoms with E-state index in [4.69, 9.17) is 0 Å². The quantitative estimate of drug-likeness (QED) is 0.528. The Hall–Kier alpha value is -2.39. The lowest BCUT2D eigenvalue weighted by molar-refractivity contribution is -0.119. The fraction of sp³-hybridized carbons (Fsp3) is 0.478. The number of sulfone groups is 1. The summed E-state index contributed by atoms with van der Waals surface area (Å²) < 4.78 is 22.3. The van der Waals surface area contributed by atoms with E-state index in [1.807, 2.05) is 25.1 Å². The predicted molar refractivity (Wildman–Crippen MR) is 124 cm³/mol. The standard InChI is InChI=1S/C23H28N2O5S2/c1-15-7-8-17(20(9-15)23(28)16-5-3-4-6-16)10-19(26)11-22-25-18(13-31-22)12-24-21(27)14-32(2,29)30/h7-9,13,16H,3-6,10-12,14H2,1-2H3,(H,24,27). The fourth-order valence-electron chi connectivity index (χ4n) is 3.91. The molecule has 1 saturated carbocycles. The van der Waals surface area contributed by atoms with Crippen LogP contribution in [-0.4, -0.2) is 42.9 Å². The summed E-state index contributed by atoms with van der Waals surface area (Å²) in [6.07, 6.45) is 5.32. The number of nitrogens with one attached hydrogen (secondary N) is 1. The highest BCUT2D eigenvalue weighted by atomic mass is 32.2. The number of aromatic nitrogens is 1. The van der Waals surface area contributed by atoms with Gasteiger partial charge in [0.05, 0.1) is 18.7 Å². The second-order valence-corrected chi connectivity index (χ2v) is 11.6. The maximum atomic E-state index is 13.0. The second kappa shape index (κ2) is 10.5. The molecule has 0 spiro atoms. The van der Waals surface area contributed by atoms with Crippen molar-refractivity contribution in [3.05, 3.63) is 51.0 Å². The molecule has 1 aliphatic rings. The average Bonchev–Trinajstić information content (AvgIpc) is 3.38. The predicted octanol–water partition coefficient (Wildman–Crippen LogP) is 2.84. The molecule has 0 radical (unpaired) electrons. The molecule has 0 atom stereocenters. The third-order valence-electron chi connectivity index (χ3n) is 5.45. The Balaban J connectivity index is 1.59. The van der Waals surface area contributed by atoms with Crippen LogP contribution < -0.4 is 5.32 Å². The highest BCUT2D eigenvalue weighted by Gasteiger charge is 2.26. The van der Waals surface area contributed by atoms with Gasteiger partial charge in [0.2, 0.25) is 5.91 Å². The van der Waals surface area contributed by atoms with Crippen LogP contribution in [-0.2, 0) is 38.8 Å². The number of ketones is 2. The van der Waals surface area contributed by atoms with Gasteiger partial charge in [-0.25, -0.2) is 13.4 Å². The lowest BCUT2D eigenvalue weighted by Crippen LogP contribution is -2.29. The molecule has 172 valence electrons. The zero-order valence-electron chi connectivity index (χ0n) is 18.3. The van der Waals surface area contributed by atoms with Crippen molar-refractivity contribution in [1.82, 2.24) is 10.3 Å². The first kappa shape index (κ1) is 24.3. The first-order valence-electron chi connectivity index (χ1n) is 10.6. The van der Waals surface area contributed by atoms with E-state index >= 15 is 0 Å². The first-order valence-corrected chi connectivity index (χ1v) is 13.6. The summed E-state index contributed by atoms with van der Waals surface area (Å²) in [6.45, 7) is 2.06. The van der Waals surface area contributed by atoms with Crippen LogP contribution in [0.1, 0.15) is 57.9 Å². The highest BCUT2D eigenvalue weighted by molar-refractivity contribution is 7.91. The number of benzene rings is 1. The molecule has 0 bridgehead atoms. The zero-order valence-corrected chi connectivity index (χ0v) is 20.0. The monoisotopic (exact) mass is 476 g/mol. The Kier molecular flexibility index (Phi) is 7.95. The van der Waals surface area contributed by atoms with Gasteiger partial charge in [0.1, 0.15) is 16.5 Å². The average molecular weight is 477 g/mol. The number of aryl methyl sites for hydroxylation is 1. The van der Waals surface area contributed by atoms with Gasteiger partial charge in [0.25, 0.3) is 0 Å². The lowest BCUT2D eigenvalue weighted by Gasteiger charge is -2.13. The molecule has 2 aromatic rings. The Morgan fingerprint density at radius 1 is 1.16 bits per heavy atom. The summed E-state index contributed by atoms with van der Waals surface area (Å²) in [6, 6.07) is 5.69. The summed E-state index contributed by atoms with van der Waals surface area (Å²) >= 11 is 1.32. The zero-order chi connectivity index (χ0) is 23.3. The van der Waals surface area contributed by atoms with Crippen LogP contribution in [0.5, 0.6) is 0 Å². The van der Waals surface area contributed by atoms with Crippen molar-refractivity contribution in [3.63, 3.8) is 0 Å². The molecule has 1 aliphatic carbocycles. The van der Waals surface area contributed by atoms with Crippen LogP contribution in [0.25, 0.3) is 0 Å². The number of carbonyl (C=O) groups is 3. The van der Waals surface area contributed by atoms with E-state index in [1.54, 1.807) is 5.38 Å². The molecule has 0 saturated heterocycles. The number of carbonyl (C=O) groups excluding carboxylic acids is 3. The third-order valence-corrected chi connectivity index (χ3v) is 7.14. The van der Waals surface area contributed by atoms with Gasteiger partial charge in [-0.1, -0.05) is 30.5 Å². The van der Waals surface area contributed by atoms with E-state index in [1.165, 1.54) is 11.3 Å². The van der Waals surface area contributed by atoms with Crippen molar-refractivity contribution < 1.29 is 22.8 Å². The third kappa shape index (κ3) is 7.06. The summed E-state index contributed by atoms with van der Waals surface area (Å²) in [7, 11) is -3.38. The van der Waals surface area contributed by atoms with E-state index < -0.39 is 21.5 Å². The summed E-state index contributed by atoms with van der Waals surface area (Å²) in [5, 5.41) is 4.88. The Labute approximate surface area is 192 Å². The Morgan fingerprint density at radius 3 is 2.56 bits per heavy atom. The first-order chi connectivity index (χ1) is 15.1. The fourth-order valence-corrected chi connectivity index (χ4v) is 5.32. The summed E-state index contributed by atoms with van der Waals surface area (Å²) in [5.41, 5.74) is 3.01. The highest BCUT2D eigenvalue weighted by Crippen LogP contribution is 2.29. The number of hydrogen-bond donors (Lipinski definition) is 1. The maximum Gasteiger partial charge on any atom is 0.235 e. The minimum Gasteiger partial charge on any atom is -0.350 e. The number of Topliss-reactive ketones (excluding diaryl/α,β-unsaturated/α-hetero) is 2. The van der Waals surface area contributed by atoms with E-state index in [0.717, 1.165) is 43.1 Å². The molecule has 0 unspecified atom stereocenters.